The van der Waals surface area contributed by atoms with E-state index in [0.29, 0.717) is 41.5 Å². The van der Waals surface area contributed by atoms with Gasteiger partial charge in [-0.15, -0.1) is 0 Å². The molecule has 7 heteroatoms. The lowest BCUT2D eigenvalue weighted by atomic mass is 9.87. The first-order valence-corrected chi connectivity index (χ1v) is 12.4. The van der Waals surface area contributed by atoms with Crippen molar-refractivity contribution in [1.29, 1.82) is 0 Å². The monoisotopic (exact) mass is 500 g/mol. The van der Waals surface area contributed by atoms with Crippen molar-refractivity contribution in [3.63, 3.8) is 0 Å². The number of pyridine rings is 1. The number of amides is 1. The van der Waals surface area contributed by atoms with E-state index in [1.54, 1.807) is 42.7 Å². The average molecular weight is 501 g/mol. The molecular formula is C30H32N2O5. The standard InChI is InChI=1S/C30H32N2O5/c1-6-36-22-12-13-23(24(18-22)37-7-2)27(33)25-26(19-14-16-31-17-15-19)32(29(35)28(25)34)21-10-8-20(9-11-21)30(3,4)5/h8-18,26,33H,6-7H2,1-5H3/b27-25-. The number of aromatic nitrogens is 1. The number of nitrogens with zero attached hydrogens (tertiary/aromatic N) is 2. The second kappa shape index (κ2) is 10.5. The fraction of sp³-hybridized carbons (Fsp3) is 0.300. The van der Waals surface area contributed by atoms with Gasteiger partial charge in [-0.2, -0.15) is 0 Å². The summed E-state index contributed by atoms with van der Waals surface area (Å²) in [6.07, 6.45) is 3.20. The van der Waals surface area contributed by atoms with E-state index in [-0.39, 0.29) is 16.7 Å². The highest BCUT2D eigenvalue weighted by molar-refractivity contribution is 6.51. The lowest BCUT2D eigenvalue weighted by Crippen LogP contribution is -2.29. The Bertz CT molecular complexity index is 1320. The van der Waals surface area contributed by atoms with Crippen molar-refractivity contribution in [3.8, 4) is 11.5 Å². The minimum Gasteiger partial charge on any atom is -0.507 e. The molecule has 2 aromatic carbocycles. The predicted octanol–water partition coefficient (Wildman–Crippen LogP) is 5.80. The van der Waals surface area contributed by atoms with Crippen molar-refractivity contribution in [3.05, 3.63) is 89.3 Å². The number of benzene rings is 2. The molecule has 7 nitrogen and oxygen atoms in total. The van der Waals surface area contributed by atoms with Gasteiger partial charge in [0.1, 0.15) is 17.3 Å². The van der Waals surface area contributed by atoms with E-state index in [0.717, 1.165) is 5.56 Å². The number of aliphatic hydroxyl groups excluding tert-OH is 1. The fourth-order valence-corrected chi connectivity index (χ4v) is 4.46. The lowest BCUT2D eigenvalue weighted by molar-refractivity contribution is -0.132. The minimum absolute atomic E-state index is 0.0128. The molecule has 0 spiro atoms. The summed E-state index contributed by atoms with van der Waals surface area (Å²) in [7, 11) is 0. The second-order valence-corrected chi connectivity index (χ2v) is 9.77. The Kier molecular flexibility index (Phi) is 7.34. The number of ketones is 1. The molecule has 1 aromatic heterocycles. The zero-order valence-corrected chi connectivity index (χ0v) is 21.8. The van der Waals surface area contributed by atoms with E-state index in [2.05, 4.69) is 25.8 Å². The number of Topliss-reactive ketones (excluding diaryl/α,β-unsaturated/α-hetero) is 1. The molecule has 0 radical (unpaired) electrons. The number of carbonyl (C=O) groups is 2. The molecule has 1 amide bonds. The topological polar surface area (TPSA) is 89.0 Å². The Labute approximate surface area is 217 Å². The SMILES string of the molecule is CCOc1ccc(/C(O)=C2/C(=O)C(=O)N(c3ccc(C(C)(C)C)cc3)C2c2ccncc2)c(OCC)c1. The van der Waals surface area contributed by atoms with Crippen LogP contribution in [-0.4, -0.2) is 35.0 Å². The van der Waals surface area contributed by atoms with Gasteiger partial charge in [0, 0.05) is 24.1 Å². The number of hydrogen-bond acceptors (Lipinski definition) is 6. The van der Waals surface area contributed by atoms with Gasteiger partial charge in [-0.25, -0.2) is 0 Å². The molecule has 1 saturated heterocycles. The zero-order valence-electron chi connectivity index (χ0n) is 21.8. The summed E-state index contributed by atoms with van der Waals surface area (Å²) in [6.45, 7) is 10.8. The molecule has 2 heterocycles. The van der Waals surface area contributed by atoms with Gasteiger partial charge in [-0.05, 0) is 66.8 Å². The maximum absolute atomic E-state index is 13.5. The molecule has 1 aliphatic rings. The Morgan fingerprint density at radius 1 is 0.946 bits per heavy atom. The lowest BCUT2D eigenvalue weighted by Gasteiger charge is -2.26. The van der Waals surface area contributed by atoms with Crippen LogP contribution >= 0.6 is 0 Å². The zero-order chi connectivity index (χ0) is 26.7. The molecule has 37 heavy (non-hydrogen) atoms. The highest BCUT2D eigenvalue weighted by Crippen LogP contribution is 2.44. The number of aliphatic hydroxyl groups is 1. The van der Waals surface area contributed by atoms with E-state index in [1.807, 2.05) is 38.1 Å². The largest absolute Gasteiger partial charge is 0.507 e. The quantitative estimate of drug-likeness (QED) is 0.250. The number of rotatable bonds is 7. The molecule has 192 valence electrons. The summed E-state index contributed by atoms with van der Waals surface area (Å²) < 4.78 is 11.3. The molecule has 1 N–H and O–H groups in total. The maximum atomic E-state index is 13.5. The van der Waals surface area contributed by atoms with Gasteiger partial charge >= 0.3 is 0 Å². The second-order valence-electron chi connectivity index (χ2n) is 9.77. The van der Waals surface area contributed by atoms with Crippen LogP contribution in [0.3, 0.4) is 0 Å². The van der Waals surface area contributed by atoms with Gasteiger partial charge in [0.25, 0.3) is 11.7 Å². The predicted molar refractivity (Wildman–Crippen MR) is 143 cm³/mol. The van der Waals surface area contributed by atoms with Gasteiger partial charge in [0.2, 0.25) is 0 Å². The van der Waals surface area contributed by atoms with Crippen LogP contribution in [0, 0.1) is 0 Å². The Balaban J connectivity index is 1.90. The number of anilines is 1. The number of carbonyl (C=O) groups excluding carboxylic acids is 2. The molecule has 0 saturated carbocycles. The molecular weight excluding hydrogens is 468 g/mol. The van der Waals surface area contributed by atoms with Crippen LogP contribution in [0.25, 0.3) is 5.76 Å². The van der Waals surface area contributed by atoms with Crippen LogP contribution in [0.4, 0.5) is 5.69 Å². The minimum atomic E-state index is -0.843. The first kappa shape index (κ1) is 25.9. The van der Waals surface area contributed by atoms with Crippen LogP contribution in [0.5, 0.6) is 11.5 Å². The van der Waals surface area contributed by atoms with E-state index in [4.69, 9.17) is 9.47 Å². The van der Waals surface area contributed by atoms with Crippen LogP contribution in [0.15, 0.2) is 72.6 Å². The third-order valence-electron chi connectivity index (χ3n) is 6.30. The summed E-state index contributed by atoms with van der Waals surface area (Å²) in [5.41, 5.74) is 2.54. The van der Waals surface area contributed by atoms with Crippen LogP contribution in [0.1, 0.15) is 57.4 Å². The summed E-state index contributed by atoms with van der Waals surface area (Å²) in [5, 5.41) is 11.5. The van der Waals surface area contributed by atoms with Crippen molar-refractivity contribution >= 4 is 23.1 Å². The number of ether oxygens (including phenoxy) is 2. The molecule has 0 aliphatic carbocycles. The maximum Gasteiger partial charge on any atom is 0.300 e. The molecule has 0 bridgehead atoms. The van der Waals surface area contributed by atoms with Gasteiger partial charge in [0.05, 0.1) is 30.4 Å². The van der Waals surface area contributed by atoms with Gasteiger partial charge in [-0.3, -0.25) is 19.5 Å². The van der Waals surface area contributed by atoms with Crippen molar-refractivity contribution in [2.45, 2.75) is 46.1 Å². The van der Waals surface area contributed by atoms with Gasteiger partial charge in [-0.1, -0.05) is 32.9 Å². The van der Waals surface area contributed by atoms with E-state index in [1.165, 1.54) is 4.90 Å². The van der Waals surface area contributed by atoms with Crippen molar-refractivity contribution < 1.29 is 24.2 Å². The smallest absolute Gasteiger partial charge is 0.300 e. The van der Waals surface area contributed by atoms with Crippen molar-refractivity contribution in [1.82, 2.24) is 4.98 Å². The highest BCUT2D eigenvalue weighted by Gasteiger charge is 2.47. The fourth-order valence-electron chi connectivity index (χ4n) is 4.46. The Morgan fingerprint density at radius 3 is 2.19 bits per heavy atom. The van der Waals surface area contributed by atoms with E-state index < -0.39 is 17.7 Å². The molecule has 3 aromatic rings. The average Bonchev–Trinajstić information content (AvgIpc) is 3.14. The normalized spacial score (nSPS) is 17.2. The first-order chi connectivity index (χ1) is 17.7. The Hall–Kier alpha value is -4.13. The first-order valence-electron chi connectivity index (χ1n) is 12.4. The highest BCUT2D eigenvalue weighted by atomic mass is 16.5. The molecule has 1 aliphatic heterocycles. The van der Waals surface area contributed by atoms with Crippen LogP contribution in [-0.2, 0) is 15.0 Å². The summed E-state index contributed by atoms with van der Waals surface area (Å²) in [6, 6.07) is 15.2. The van der Waals surface area contributed by atoms with Crippen LogP contribution in [0.2, 0.25) is 0 Å². The number of hydrogen-bond donors (Lipinski definition) is 1. The van der Waals surface area contributed by atoms with Gasteiger partial charge in [0.15, 0.2) is 0 Å². The third kappa shape index (κ3) is 5.07. The van der Waals surface area contributed by atoms with Gasteiger partial charge < -0.3 is 14.6 Å². The summed E-state index contributed by atoms with van der Waals surface area (Å²) in [4.78, 5) is 32.4. The molecule has 4 rings (SSSR count). The summed E-state index contributed by atoms with van der Waals surface area (Å²) in [5.74, 6) is -0.848. The molecule has 1 fully saturated rings. The third-order valence-corrected chi connectivity index (χ3v) is 6.30. The van der Waals surface area contributed by atoms with E-state index in [9.17, 15) is 14.7 Å². The molecule has 1 atom stereocenters. The van der Waals surface area contributed by atoms with Crippen LogP contribution < -0.4 is 14.4 Å². The van der Waals surface area contributed by atoms with E-state index >= 15 is 0 Å². The Morgan fingerprint density at radius 2 is 1.59 bits per heavy atom. The molecule has 1 unspecified atom stereocenters. The van der Waals surface area contributed by atoms with Crippen molar-refractivity contribution in [2.75, 3.05) is 18.1 Å². The van der Waals surface area contributed by atoms with Crippen molar-refractivity contribution in [2.24, 2.45) is 0 Å². The summed E-state index contributed by atoms with van der Waals surface area (Å²) >= 11 is 0.